The number of carbonyl (C=O) groups is 1. The van der Waals surface area contributed by atoms with Crippen molar-refractivity contribution < 1.29 is 4.79 Å². The van der Waals surface area contributed by atoms with Crippen molar-refractivity contribution in [3.63, 3.8) is 0 Å². The molecule has 20 heavy (non-hydrogen) atoms. The SMILES string of the molecule is CN(C(=O)c1sc2cnccc2c1N)C1CCNCC1. The molecule has 2 aromatic heterocycles. The monoisotopic (exact) mass is 290 g/mol. The molecule has 0 radical (unpaired) electrons. The highest BCUT2D eigenvalue weighted by atomic mass is 32.1. The Hall–Kier alpha value is -1.66. The summed E-state index contributed by atoms with van der Waals surface area (Å²) in [6.45, 7) is 1.93. The van der Waals surface area contributed by atoms with Crippen LogP contribution in [0.3, 0.4) is 0 Å². The van der Waals surface area contributed by atoms with Gasteiger partial charge in [-0.05, 0) is 32.0 Å². The molecule has 0 atom stereocenters. The summed E-state index contributed by atoms with van der Waals surface area (Å²) in [7, 11) is 1.88. The molecular formula is C14H18N4OS. The van der Waals surface area contributed by atoms with Gasteiger partial charge in [0.1, 0.15) is 4.88 Å². The van der Waals surface area contributed by atoms with Crippen LogP contribution in [-0.4, -0.2) is 42.0 Å². The van der Waals surface area contributed by atoms with E-state index in [9.17, 15) is 4.79 Å². The van der Waals surface area contributed by atoms with Crippen molar-refractivity contribution in [3.8, 4) is 0 Å². The summed E-state index contributed by atoms with van der Waals surface area (Å²) >= 11 is 1.43. The lowest BCUT2D eigenvalue weighted by Gasteiger charge is -2.31. The Morgan fingerprint density at radius 1 is 1.50 bits per heavy atom. The molecule has 0 bridgehead atoms. The molecule has 3 heterocycles. The van der Waals surface area contributed by atoms with Gasteiger partial charge in [0.15, 0.2) is 0 Å². The fraction of sp³-hybridized carbons (Fsp3) is 0.429. The van der Waals surface area contributed by atoms with Crippen LogP contribution in [-0.2, 0) is 0 Å². The molecule has 3 N–H and O–H groups in total. The third-order valence-corrected chi connectivity index (χ3v) is 5.05. The molecule has 1 saturated heterocycles. The molecule has 0 aromatic carbocycles. The third-order valence-electron chi connectivity index (χ3n) is 3.90. The predicted molar refractivity (Wildman–Crippen MR) is 82.0 cm³/mol. The Morgan fingerprint density at radius 3 is 2.95 bits per heavy atom. The van der Waals surface area contributed by atoms with Crippen LogP contribution in [0, 0.1) is 0 Å². The lowest BCUT2D eigenvalue weighted by Crippen LogP contribution is -2.43. The number of carbonyl (C=O) groups excluding carboxylic acids is 1. The van der Waals surface area contributed by atoms with Crippen LogP contribution in [0.5, 0.6) is 0 Å². The highest BCUT2D eigenvalue weighted by molar-refractivity contribution is 7.21. The zero-order valence-corrected chi connectivity index (χ0v) is 12.2. The number of nitrogens with zero attached hydrogens (tertiary/aromatic N) is 2. The average Bonchev–Trinajstić information content (AvgIpc) is 2.84. The second-order valence-electron chi connectivity index (χ2n) is 5.11. The van der Waals surface area contributed by atoms with Crippen LogP contribution in [0.2, 0.25) is 0 Å². The van der Waals surface area contributed by atoms with Gasteiger partial charge in [-0.25, -0.2) is 0 Å². The number of fused-ring (bicyclic) bond motifs is 1. The van der Waals surface area contributed by atoms with Crippen LogP contribution in [0.1, 0.15) is 22.5 Å². The molecule has 5 nitrogen and oxygen atoms in total. The van der Waals surface area contributed by atoms with E-state index in [0.717, 1.165) is 36.0 Å². The lowest BCUT2D eigenvalue weighted by molar-refractivity contribution is 0.0709. The number of hydrogen-bond acceptors (Lipinski definition) is 5. The van der Waals surface area contributed by atoms with Crippen molar-refractivity contribution in [1.82, 2.24) is 15.2 Å². The van der Waals surface area contributed by atoms with Crippen molar-refractivity contribution in [2.75, 3.05) is 25.9 Å². The van der Waals surface area contributed by atoms with Gasteiger partial charge >= 0.3 is 0 Å². The second kappa shape index (κ2) is 5.38. The van der Waals surface area contributed by atoms with Gasteiger partial charge in [0, 0.05) is 30.9 Å². The van der Waals surface area contributed by atoms with Gasteiger partial charge in [-0.2, -0.15) is 0 Å². The Labute approximate surface area is 121 Å². The van der Waals surface area contributed by atoms with Gasteiger partial charge in [-0.15, -0.1) is 11.3 Å². The quantitative estimate of drug-likeness (QED) is 0.883. The smallest absolute Gasteiger partial charge is 0.266 e. The molecule has 1 aliphatic heterocycles. The van der Waals surface area contributed by atoms with E-state index >= 15 is 0 Å². The molecule has 0 spiro atoms. The second-order valence-corrected chi connectivity index (χ2v) is 6.17. The fourth-order valence-electron chi connectivity index (χ4n) is 2.65. The maximum atomic E-state index is 12.6. The first-order valence-electron chi connectivity index (χ1n) is 6.78. The summed E-state index contributed by atoms with van der Waals surface area (Å²) in [5.74, 6) is 0.0237. The van der Waals surface area contributed by atoms with E-state index in [1.165, 1.54) is 11.3 Å². The normalized spacial score (nSPS) is 16.4. The Bertz CT molecular complexity index is 633. The molecule has 106 valence electrons. The van der Waals surface area contributed by atoms with E-state index in [1.54, 1.807) is 12.4 Å². The van der Waals surface area contributed by atoms with Crippen molar-refractivity contribution in [2.24, 2.45) is 0 Å². The van der Waals surface area contributed by atoms with Crippen molar-refractivity contribution in [2.45, 2.75) is 18.9 Å². The lowest BCUT2D eigenvalue weighted by atomic mass is 10.1. The number of nitrogen functional groups attached to an aromatic ring is 1. The number of pyridine rings is 1. The number of hydrogen-bond donors (Lipinski definition) is 2. The maximum Gasteiger partial charge on any atom is 0.266 e. The number of nitrogens with one attached hydrogen (secondary N) is 1. The summed E-state index contributed by atoms with van der Waals surface area (Å²) in [5, 5.41) is 4.24. The Balaban J connectivity index is 1.89. The first-order valence-corrected chi connectivity index (χ1v) is 7.60. The van der Waals surface area contributed by atoms with E-state index in [-0.39, 0.29) is 5.91 Å². The van der Waals surface area contributed by atoms with E-state index in [1.807, 2.05) is 18.0 Å². The van der Waals surface area contributed by atoms with E-state index < -0.39 is 0 Å². The molecule has 0 aliphatic carbocycles. The minimum atomic E-state index is 0.0237. The van der Waals surface area contributed by atoms with Gasteiger partial charge in [-0.1, -0.05) is 0 Å². The molecule has 3 rings (SSSR count). The van der Waals surface area contributed by atoms with Crippen molar-refractivity contribution in [3.05, 3.63) is 23.3 Å². The standard InChI is InChI=1S/C14H18N4OS/c1-18(9-2-5-16-6-3-9)14(19)13-12(15)10-4-7-17-8-11(10)20-13/h4,7-9,16H,2-3,5-6,15H2,1H3. The Morgan fingerprint density at radius 2 is 2.25 bits per heavy atom. The molecule has 0 saturated carbocycles. The van der Waals surface area contributed by atoms with E-state index in [2.05, 4.69) is 10.3 Å². The zero-order valence-electron chi connectivity index (χ0n) is 11.4. The molecule has 6 heteroatoms. The number of amides is 1. The highest BCUT2D eigenvalue weighted by Gasteiger charge is 2.26. The number of piperidine rings is 1. The van der Waals surface area contributed by atoms with Gasteiger partial charge in [0.05, 0.1) is 10.4 Å². The number of aromatic nitrogens is 1. The van der Waals surface area contributed by atoms with Gasteiger partial charge in [0.25, 0.3) is 5.91 Å². The van der Waals surface area contributed by atoms with E-state index in [0.29, 0.717) is 16.6 Å². The Kier molecular flexibility index (Phi) is 3.58. The largest absolute Gasteiger partial charge is 0.397 e. The number of nitrogens with two attached hydrogens (primary N) is 1. The summed E-state index contributed by atoms with van der Waals surface area (Å²) in [5.41, 5.74) is 6.71. The molecule has 0 unspecified atom stereocenters. The maximum absolute atomic E-state index is 12.6. The molecular weight excluding hydrogens is 272 g/mol. The topological polar surface area (TPSA) is 71.2 Å². The van der Waals surface area contributed by atoms with Crippen molar-refractivity contribution >= 4 is 33.0 Å². The van der Waals surface area contributed by atoms with Crippen LogP contribution >= 0.6 is 11.3 Å². The number of thiophene rings is 1. The first kappa shape index (κ1) is 13.3. The van der Waals surface area contributed by atoms with Crippen molar-refractivity contribution in [1.29, 1.82) is 0 Å². The third kappa shape index (κ3) is 2.25. The molecule has 1 amide bonds. The van der Waals surface area contributed by atoms with Crippen LogP contribution < -0.4 is 11.1 Å². The minimum Gasteiger partial charge on any atom is -0.397 e. The average molecular weight is 290 g/mol. The predicted octanol–water partition coefficient (Wildman–Crippen LogP) is 1.70. The minimum absolute atomic E-state index is 0.0237. The van der Waals surface area contributed by atoms with Crippen LogP contribution in [0.15, 0.2) is 18.5 Å². The first-order chi connectivity index (χ1) is 9.68. The van der Waals surface area contributed by atoms with Crippen LogP contribution in [0.25, 0.3) is 10.1 Å². The van der Waals surface area contributed by atoms with Gasteiger partial charge < -0.3 is 16.0 Å². The van der Waals surface area contributed by atoms with Gasteiger partial charge in [0.2, 0.25) is 0 Å². The fourth-order valence-corrected chi connectivity index (χ4v) is 3.72. The number of rotatable bonds is 2. The summed E-state index contributed by atoms with van der Waals surface area (Å²) < 4.78 is 0.965. The summed E-state index contributed by atoms with van der Waals surface area (Å²) in [6, 6.07) is 2.16. The zero-order chi connectivity index (χ0) is 14.1. The van der Waals surface area contributed by atoms with E-state index in [4.69, 9.17) is 5.73 Å². The van der Waals surface area contributed by atoms with Gasteiger partial charge in [-0.3, -0.25) is 9.78 Å². The highest BCUT2D eigenvalue weighted by Crippen LogP contribution is 2.34. The summed E-state index contributed by atoms with van der Waals surface area (Å²) in [4.78, 5) is 19.2. The van der Waals surface area contributed by atoms with Crippen LogP contribution in [0.4, 0.5) is 5.69 Å². The number of anilines is 1. The summed E-state index contributed by atoms with van der Waals surface area (Å²) in [6.07, 6.45) is 5.46. The molecule has 1 fully saturated rings. The molecule has 1 aliphatic rings. The molecule has 2 aromatic rings.